The van der Waals surface area contributed by atoms with Gasteiger partial charge in [0.15, 0.2) is 6.17 Å². The SMILES string of the molecule is COC(=O)C(F)CC(C)(C)C. The Kier molecular flexibility index (Phi) is 3.49. The van der Waals surface area contributed by atoms with E-state index in [0.717, 1.165) is 0 Å². The van der Waals surface area contributed by atoms with E-state index in [1.54, 1.807) is 0 Å². The summed E-state index contributed by atoms with van der Waals surface area (Å²) in [6.45, 7) is 5.63. The minimum atomic E-state index is -1.49. The van der Waals surface area contributed by atoms with Crippen molar-refractivity contribution in [2.24, 2.45) is 5.41 Å². The van der Waals surface area contributed by atoms with Crippen LogP contribution in [0.1, 0.15) is 27.2 Å². The minimum Gasteiger partial charge on any atom is -0.467 e. The maximum absolute atomic E-state index is 12.8. The van der Waals surface area contributed by atoms with E-state index in [9.17, 15) is 9.18 Å². The molecule has 0 bridgehead atoms. The molecule has 0 heterocycles. The lowest BCUT2D eigenvalue weighted by Crippen LogP contribution is -2.23. The van der Waals surface area contributed by atoms with Crippen LogP contribution in [0.4, 0.5) is 4.39 Å². The van der Waals surface area contributed by atoms with Gasteiger partial charge in [0.2, 0.25) is 0 Å². The fourth-order valence-corrected chi connectivity index (χ4v) is 0.749. The first-order valence-electron chi connectivity index (χ1n) is 3.59. The molecule has 2 nitrogen and oxygen atoms in total. The van der Waals surface area contributed by atoms with Crippen LogP contribution in [-0.2, 0) is 9.53 Å². The summed E-state index contributed by atoms with van der Waals surface area (Å²) < 4.78 is 17.1. The van der Waals surface area contributed by atoms with Crippen molar-refractivity contribution in [2.45, 2.75) is 33.4 Å². The highest BCUT2D eigenvalue weighted by Crippen LogP contribution is 2.22. The Morgan fingerprint density at radius 3 is 2.27 bits per heavy atom. The van der Waals surface area contributed by atoms with Crippen molar-refractivity contribution in [3.63, 3.8) is 0 Å². The Hall–Kier alpha value is -0.600. The number of methoxy groups -OCH3 is 1. The molecule has 0 radical (unpaired) electrons. The first-order chi connectivity index (χ1) is 4.87. The summed E-state index contributed by atoms with van der Waals surface area (Å²) in [4.78, 5) is 10.6. The second-order valence-electron chi connectivity index (χ2n) is 3.76. The summed E-state index contributed by atoms with van der Waals surface area (Å²) in [6, 6.07) is 0. The number of hydrogen-bond acceptors (Lipinski definition) is 2. The number of carbonyl (C=O) groups excluding carboxylic acids is 1. The van der Waals surface area contributed by atoms with Crippen molar-refractivity contribution in [1.29, 1.82) is 0 Å². The van der Waals surface area contributed by atoms with Crippen LogP contribution < -0.4 is 0 Å². The molecular weight excluding hydrogens is 147 g/mol. The molecule has 0 aliphatic rings. The lowest BCUT2D eigenvalue weighted by molar-refractivity contribution is -0.147. The fourth-order valence-electron chi connectivity index (χ4n) is 0.749. The average molecular weight is 162 g/mol. The number of ether oxygens (including phenoxy) is 1. The van der Waals surface area contributed by atoms with E-state index in [1.807, 2.05) is 20.8 Å². The van der Waals surface area contributed by atoms with Crippen molar-refractivity contribution < 1.29 is 13.9 Å². The van der Waals surface area contributed by atoms with Crippen molar-refractivity contribution in [3.05, 3.63) is 0 Å². The highest BCUT2D eigenvalue weighted by molar-refractivity contribution is 5.74. The van der Waals surface area contributed by atoms with Gasteiger partial charge in [0, 0.05) is 0 Å². The van der Waals surface area contributed by atoms with Crippen LogP contribution in [0.3, 0.4) is 0 Å². The molecule has 0 aromatic rings. The molecule has 0 spiro atoms. The third-order valence-electron chi connectivity index (χ3n) is 1.25. The molecule has 0 aromatic carbocycles. The summed E-state index contributed by atoms with van der Waals surface area (Å²) in [7, 11) is 1.19. The first-order valence-corrected chi connectivity index (χ1v) is 3.59. The van der Waals surface area contributed by atoms with E-state index >= 15 is 0 Å². The molecule has 1 unspecified atom stereocenters. The molecule has 11 heavy (non-hydrogen) atoms. The lowest BCUT2D eigenvalue weighted by atomic mass is 9.90. The Labute approximate surface area is 66.7 Å². The van der Waals surface area contributed by atoms with Gasteiger partial charge in [-0.1, -0.05) is 20.8 Å². The number of hydrogen-bond donors (Lipinski definition) is 0. The van der Waals surface area contributed by atoms with E-state index in [1.165, 1.54) is 7.11 Å². The van der Waals surface area contributed by atoms with Gasteiger partial charge in [0.05, 0.1) is 7.11 Å². The predicted octanol–water partition coefficient (Wildman–Crippen LogP) is 1.93. The quantitative estimate of drug-likeness (QED) is 0.580. The second-order valence-corrected chi connectivity index (χ2v) is 3.76. The normalized spacial score (nSPS) is 14.3. The van der Waals surface area contributed by atoms with Gasteiger partial charge in [0.1, 0.15) is 0 Å². The monoisotopic (exact) mass is 162 g/mol. The van der Waals surface area contributed by atoms with Crippen molar-refractivity contribution in [1.82, 2.24) is 0 Å². The standard InChI is InChI=1S/C8H15FO2/c1-8(2,3)5-6(9)7(10)11-4/h6H,5H2,1-4H3. The molecular formula is C8H15FO2. The lowest BCUT2D eigenvalue weighted by Gasteiger charge is -2.19. The Bertz CT molecular complexity index is 138. The number of esters is 1. The first kappa shape index (κ1) is 10.4. The molecule has 66 valence electrons. The number of halogens is 1. The minimum absolute atomic E-state index is 0.173. The van der Waals surface area contributed by atoms with E-state index < -0.39 is 12.1 Å². The van der Waals surface area contributed by atoms with Gasteiger partial charge in [-0.3, -0.25) is 0 Å². The van der Waals surface area contributed by atoms with Crippen molar-refractivity contribution in [2.75, 3.05) is 7.11 Å². The second kappa shape index (κ2) is 3.69. The molecule has 0 rings (SSSR count). The fraction of sp³-hybridized carbons (Fsp3) is 0.875. The van der Waals surface area contributed by atoms with Gasteiger partial charge in [0.25, 0.3) is 0 Å². The van der Waals surface area contributed by atoms with Gasteiger partial charge in [-0.2, -0.15) is 0 Å². The van der Waals surface area contributed by atoms with Crippen molar-refractivity contribution in [3.8, 4) is 0 Å². The molecule has 0 saturated carbocycles. The molecule has 3 heteroatoms. The largest absolute Gasteiger partial charge is 0.467 e. The highest BCUT2D eigenvalue weighted by atomic mass is 19.1. The molecule has 0 saturated heterocycles. The van der Waals surface area contributed by atoms with Crippen LogP contribution in [0.15, 0.2) is 0 Å². The highest BCUT2D eigenvalue weighted by Gasteiger charge is 2.24. The Morgan fingerprint density at radius 2 is 2.00 bits per heavy atom. The smallest absolute Gasteiger partial charge is 0.340 e. The van der Waals surface area contributed by atoms with Crippen LogP contribution in [0.2, 0.25) is 0 Å². The van der Waals surface area contributed by atoms with E-state index in [4.69, 9.17) is 0 Å². The van der Waals surface area contributed by atoms with E-state index in [-0.39, 0.29) is 11.8 Å². The third kappa shape index (κ3) is 4.76. The van der Waals surface area contributed by atoms with Gasteiger partial charge in [-0.15, -0.1) is 0 Å². The van der Waals surface area contributed by atoms with Gasteiger partial charge in [-0.25, -0.2) is 9.18 Å². The zero-order valence-electron chi connectivity index (χ0n) is 7.48. The number of rotatable bonds is 2. The topological polar surface area (TPSA) is 26.3 Å². The summed E-state index contributed by atoms with van der Waals surface area (Å²) in [5.41, 5.74) is -0.173. The maximum Gasteiger partial charge on any atom is 0.340 e. The molecule has 0 aromatic heterocycles. The molecule has 0 amide bonds. The molecule has 0 N–H and O–H groups in total. The predicted molar refractivity (Wildman–Crippen MR) is 41.0 cm³/mol. The number of alkyl halides is 1. The zero-order valence-corrected chi connectivity index (χ0v) is 7.48. The van der Waals surface area contributed by atoms with E-state index in [2.05, 4.69) is 4.74 Å². The van der Waals surface area contributed by atoms with Crippen LogP contribution in [0.25, 0.3) is 0 Å². The summed E-state index contributed by atoms with van der Waals surface area (Å²) >= 11 is 0. The summed E-state index contributed by atoms with van der Waals surface area (Å²) in [5.74, 6) is -0.778. The van der Waals surface area contributed by atoms with Crippen molar-refractivity contribution >= 4 is 5.97 Å². The molecule has 1 atom stereocenters. The van der Waals surface area contributed by atoms with Crippen LogP contribution in [0, 0.1) is 5.41 Å². The van der Waals surface area contributed by atoms with Gasteiger partial charge >= 0.3 is 5.97 Å². The Morgan fingerprint density at radius 1 is 1.55 bits per heavy atom. The average Bonchev–Trinajstić information content (AvgIpc) is 1.82. The van der Waals surface area contributed by atoms with Crippen LogP contribution in [0.5, 0.6) is 0 Å². The summed E-state index contributed by atoms with van der Waals surface area (Å²) in [6.07, 6.45) is -1.28. The van der Waals surface area contributed by atoms with E-state index in [0.29, 0.717) is 0 Å². The van der Waals surface area contributed by atoms with Gasteiger partial charge in [-0.05, 0) is 11.8 Å². The van der Waals surface area contributed by atoms with Gasteiger partial charge < -0.3 is 4.74 Å². The summed E-state index contributed by atoms with van der Waals surface area (Å²) in [5, 5.41) is 0. The van der Waals surface area contributed by atoms with Crippen LogP contribution in [-0.4, -0.2) is 19.3 Å². The molecule has 0 aliphatic heterocycles. The number of carbonyl (C=O) groups is 1. The zero-order chi connectivity index (χ0) is 9.07. The molecule has 0 aliphatic carbocycles. The third-order valence-corrected chi connectivity index (χ3v) is 1.25. The molecule has 0 fully saturated rings. The van der Waals surface area contributed by atoms with Crippen LogP contribution >= 0.6 is 0 Å². The maximum atomic E-state index is 12.8. The Balaban J connectivity index is 3.87.